The van der Waals surface area contributed by atoms with Crippen LogP contribution in [0.3, 0.4) is 0 Å². The van der Waals surface area contributed by atoms with Crippen molar-refractivity contribution in [1.29, 1.82) is 0 Å². The lowest BCUT2D eigenvalue weighted by molar-refractivity contribution is -0.0297. The summed E-state index contributed by atoms with van der Waals surface area (Å²) in [4.78, 5) is 2.34. The molecule has 3 heteroatoms. The van der Waals surface area contributed by atoms with E-state index >= 15 is 0 Å². The molecule has 0 spiro atoms. The molecule has 2 aliphatic rings. The second-order valence-corrected chi connectivity index (χ2v) is 7.82. The molecule has 3 rings (SSSR count). The maximum absolute atomic E-state index is 10.1. The number of nitrogens with zero attached hydrogens (tertiary/aromatic N) is 1. The van der Waals surface area contributed by atoms with Crippen LogP contribution in [-0.2, 0) is 6.42 Å². The summed E-state index contributed by atoms with van der Waals surface area (Å²) in [5.74, 6) is 1.63. The van der Waals surface area contributed by atoms with E-state index in [0.717, 1.165) is 44.5 Å². The van der Waals surface area contributed by atoms with Crippen LogP contribution in [-0.4, -0.2) is 23.4 Å². The van der Waals surface area contributed by atoms with Crippen LogP contribution in [0.5, 0.6) is 5.75 Å². The molecule has 0 amide bonds. The highest BCUT2D eigenvalue weighted by molar-refractivity contribution is 5.63. The van der Waals surface area contributed by atoms with Gasteiger partial charge in [0, 0.05) is 17.4 Å². The van der Waals surface area contributed by atoms with Gasteiger partial charge in [0.25, 0.3) is 0 Å². The Kier molecular flexibility index (Phi) is 4.41. The smallest absolute Gasteiger partial charge is 0.119 e. The predicted molar refractivity (Wildman–Crippen MR) is 95.0 cm³/mol. The van der Waals surface area contributed by atoms with Gasteiger partial charge in [0.1, 0.15) is 5.75 Å². The number of allylic oxidation sites excluding steroid dienone is 1. The largest absolute Gasteiger partial charge is 0.494 e. The lowest BCUT2D eigenvalue weighted by Gasteiger charge is -2.50. The first-order chi connectivity index (χ1) is 10.9. The number of benzene rings is 1. The van der Waals surface area contributed by atoms with E-state index in [9.17, 15) is 5.11 Å². The molecule has 0 aromatic heterocycles. The summed E-state index contributed by atoms with van der Waals surface area (Å²) >= 11 is 0. The molecular weight excluding hydrogens is 286 g/mol. The number of rotatable bonds is 5. The van der Waals surface area contributed by atoms with Crippen LogP contribution < -0.4 is 9.64 Å². The van der Waals surface area contributed by atoms with Crippen LogP contribution in [0.15, 0.2) is 30.5 Å². The first kappa shape index (κ1) is 16.4. The summed E-state index contributed by atoms with van der Waals surface area (Å²) in [6, 6.07) is 6.80. The first-order valence-electron chi connectivity index (χ1n) is 8.81. The molecule has 1 aromatic carbocycles. The highest BCUT2D eigenvalue weighted by Crippen LogP contribution is 2.43. The molecule has 0 bridgehead atoms. The van der Waals surface area contributed by atoms with Crippen molar-refractivity contribution in [2.75, 3.05) is 11.5 Å². The van der Waals surface area contributed by atoms with Crippen molar-refractivity contribution in [3.05, 3.63) is 36.0 Å². The minimum Gasteiger partial charge on any atom is -0.494 e. The highest BCUT2D eigenvalue weighted by atomic mass is 16.5. The SMILES string of the molecule is C=C1CCc2cc(OCCC(C)C)ccc2N1C1CC(C)(O)C1. The maximum Gasteiger partial charge on any atom is 0.119 e. The number of hydrogen-bond acceptors (Lipinski definition) is 3. The van der Waals surface area contributed by atoms with Crippen molar-refractivity contribution in [2.45, 2.75) is 64.5 Å². The number of fused-ring (bicyclic) bond motifs is 1. The van der Waals surface area contributed by atoms with Crippen LogP contribution in [0.4, 0.5) is 5.69 Å². The van der Waals surface area contributed by atoms with Crippen molar-refractivity contribution in [2.24, 2.45) is 5.92 Å². The number of aryl methyl sites for hydroxylation is 1. The van der Waals surface area contributed by atoms with Crippen molar-refractivity contribution >= 4 is 5.69 Å². The Balaban J connectivity index is 1.73. The quantitative estimate of drug-likeness (QED) is 0.880. The van der Waals surface area contributed by atoms with E-state index in [1.165, 1.54) is 16.9 Å². The van der Waals surface area contributed by atoms with Crippen molar-refractivity contribution in [1.82, 2.24) is 0 Å². The molecule has 3 nitrogen and oxygen atoms in total. The second kappa shape index (κ2) is 6.20. The van der Waals surface area contributed by atoms with E-state index in [-0.39, 0.29) is 0 Å². The minimum atomic E-state index is -0.511. The number of ether oxygens (including phenoxy) is 1. The van der Waals surface area contributed by atoms with Crippen LogP contribution in [0.25, 0.3) is 0 Å². The number of aliphatic hydroxyl groups is 1. The third-order valence-electron chi connectivity index (χ3n) is 5.01. The summed E-state index contributed by atoms with van der Waals surface area (Å²) in [7, 11) is 0. The fourth-order valence-corrected chi connectivity index (χ4v) is 3.66. The van der Waals surface area contributed by atoms with Crippen LogP contribution >= 0.6 is 0 Å². The van der Waals surface area contributed by atoms with Gasteiger partial charge in [-0.3, -0.25) is 0 Å². The molecule has 1 N–H and O–H groups in total. The van der Waals surface area contributed by atoms with Gasteiger partial charge >= 0.3 is 0 Å². The van der Waals surface area contributed by atoms with E-state index < -0.39 is 5.60 Å². The Labute approximate surface area is 140 Å². The fraction of sp³-hybridized carbons (Fsp3) is 0.600. The average molecular weight is 315 g/mol. The molecule has 0 atom stereocenters. The first-order valence-corrected chi connectivity index (χ1v) is 8.81. The molecular formula is C20H29NO2. The average Bonchev–Trinajstić information content (AvgIpc) is 2.44. The topological polar surface area (TPSA) is 32.7 Å². The van der Waals surface area contributed by atoms with Gasteiger partial charge in [-0.15, -0.1) is 0 Å². The van der Waals surface area contributed by atoms with Crippen molar-refractivity contribution in [3.8, 4) is 5.75 Å². The maximum atomic E-state index is 10.1. The lowest BCUT2D eigenvalue weighted by atomic mass is 9.75. The fourth-order valence-electron chi connectivity index (χ4n) is 3.66. The zero-order chi connectivity index (χ0) is 16.6. The Morgan fingerprint density at radius 2 is 2.09 bits per heavy atom. The van der Waals surface area contributed by atoms with Gasteiger partial charge < -0.3 is 14.7 Å². The van der Waals surface area contributed by atoms with Gasteiger partial charge in [0.15, 0.2) is 0 Å². The molecule has 0 saturated heterocycles. The van der Waals surface area contributed by atoms with Gasteiger partial charge in [-0.05, 0) is 68.7 Å². The van der Waals surface area contributed by atoms with Crippen LogP contribution in [0.1, 0.15) is 52.0 Å². The Morgan fingerprint density at radius 1 is 1.35 bits per heavy atom. The van der Waals surface area contributed by atoms with E-state index in [2.05, 4.69) is 43.5 Å². The summed E-state index contributed by atoms with van der Waals surface area (Å²) in [5.41, 5.74) is 3.25. The summed E-state index contributed by atoms with van der Waals surface area (Å²) in [5, 5.41) is 10.1. The van der Waals surface area contributed by atoms with Gasteiger partial charge in [-0.2, -0.15) is 0 Å². The van der Waals surface area contributed by atoms with E-state index in [4.69, 9.17) is 4.74 Å². The Hall–Kier alpha value is -1.48. The summed E-state index contributed by atoms with van der Waals surface area (Å²) in [6.45, 7) is 11.4. The van der Waals surface area contributed by atoms with Gasteiger partial charge in [0.05, 0.1) is 12.2 Å². The normalized spacial score (nSPS) is 26.9. The van der Waals surface area contributed by atoms with Gasteiger partial charge in [-0.1, -0.05) is 20.4 Å². The third kappa shape index (κ3) is 3.55. The Morgan fingerprint density at radius 3 is 2.74 bits per heavy atom. The standard InChI is InChI=1S/C20H29NO2/c1-14(2)9-10-23-18-7-8-19-16(11-18)6-5-15(3)21(19)17-12-20(4,22)13-17/h7-8,11,14,17,22H,3,5-6,9-10,12-13H2,1-2,4H3. The number of anilines is 1. The minimum absolute atomic E-state index is 0.379. The number of hydrogen-bond donors (Lipinski definition) is 1. The predicted octanol–water partition coefficient (Wildman–Crippen LogP) is 4.29. The van der Waals surface area contributed by atoms with Gasteiger partial charge in [-0.25, -0.2) is 0 Å². The van der Waals surface area contributed by atoms with E-state index in [1.54, 1.807) is 0 Å². The van der Waals surface area contributed by atoms with E-state index in [1.807, 2.05) is 6.92 Å². The summed E-state index contributed by atoms with van der Waals surface area (Å²) < 4.78 is 5.90. The highest BCUT2D eigenvalue weighted by Gasteiger charge is 2.43. The van der Waals surface area contributed by atoms with Crippen molar-refractivity contribution in [3.63, 3.8) is 0 Å². The lowest BCUT2D eigenvalue weighted by Crippen LogP contribution is -2.54. The van der Waals surface area contributed by atoms with Crippen molar-refractivity contribution < 1.29 is 9.84 Å². The summed E-state index contributed by atoms with van der Waals surface area (Å²) in [6.07, 6.45) is 4.73. The second-order valence-electron chi connectivity index (χ2n) is 7.82. The van der Waals surface area contributed by atoms with Gasteiger partial charge in [0.2, 0.25) is 0 Å². The molecule has 1 heterocycles. The Bertz CT molecular complexity index is 583. The molecule has 1 aliphatic heterocycles. The molecule has 126 valence electrons. The molecule has 1 aliphatic carbocycles. The molecule has 0 radical (unpaired) electrons. The van der Waals surface area contributed by atoms with E-state index in [0.29, 0.717) is 12.0 Å². The zero-order valence-corrected chi connectivity index (χ0v) is 14.6. The monoisotopic (exact) mass is 315 g/mol. The third-order valence-corrected chi connectivity index (χ3v) is 5.01. The molecule has 1 aromatic rings. The zero-order valence-electron chi connectivity index (χ0n) is 14.6. The van der Waals surface area contributed by atoms with Crippen LogP contribution in [0.2, 0.25) is 0 Å². The molecule has 1 fully saturated rings. The molecule has 23 heavy (non-hydrogen) atoms. The van der Waals surface area contributed by atoms with Crippen LogP contribution in [0, 0.1) is 5.92 Å². The molecule has 0 unspecified atom stereocenters. The molecule has 1 saturated carbocycles.